The van der Waals surface area contributed by atoms with Crippen LogP contribution in [-0.4, -0.2) is 14.1 Å². The molecule has 0 unspecified atom stereocenters. The number of imidazole rings is 1. The van der Waals surface area contributed by atoms with Crippen LogP contribution < -0.4 is 9.30 Å². The van der Waals surface area contributed by atoms with Crippen molar-refractivity contribution in [3.8, 4) is 73.2 Å². The summed E-state index contributed by atoms with van der Waals surface area (Å²) >= 11 is 0. The molecule has 0 bridgehead atoms. The molecule has 0 fully saturated rings. The fraction of sp³-hybridized carbons (Fsp3) is 0.206. The number of aromatic nitrogens is 4. The van der Waals surface area contributed by atoms with Crippen LogP contribution in [0.2, 0.25) is 0 Å². The molecule has 8 aromatic carbocycles. The van der Waals surface area contributed by atoms with Crippen LogP contribution in [0.15, 0.2) is 176 Å². The molecule has 5 heteroatoms. The Bertz CT molecular complexity index is 4710. The van der Waals surface area contributed by atoms with E-state index in [0.717, 1.165) is 33.2 Å². The molecule has 360 valence electrons. The molecule has 0 spiro atoms. The first-order chi connectivity index (χ1) is 40.7. The minimum Gasteiger partial charge on any atom is -0.458 e. The molecule has 5 nitrogen and oxygen atoms in total. The lowest BCUT2D eigenvalue weighted by atomic mass is 9.80. The molecular weight excluding hydrogens is 889 g/mol. The summed E-state index contributed by atoms with van der Waals surface area (Å²) < 4.78 is 143. The molecule has 0 saturated heterocycles. The van der Waals surface area contributed by atoms with Crippen molar-refractivity contribution in [2.45, 2.75) is 92.3 Å². The molecule has 12 rings (SSSR count). The summed E-state index contributed by atoms with van der Waals surface area (Å²) in [5.41, 5.74) is 2.92. The Morgan fingerprint density at radius 3 is 1.79 bits per heavy atom. The standard InChI is InChI=1S/C68H62N4O/c1-42-20-18-21-43(2)63(42)58-36-45(67(6,7)8)34-56-52-26-14-12-24-50(52)51-25-13-15-27-53(51)57-35-46(68(9,10)11)37-61-65(57)71(64(56)58)41-70(61)47-22-19-23-48(39-47)73-49-30-31-55-54-28-16-17-29-59(54)72(60(55)40-49)62-38-44(32-33-69-62)66(3,4)5/h12-40H,1-11H3/i1D3,2D3,12D,13D,14D,15D,24D,25D,26D,27D. The van der Waals surface area contributed by atoms with Crippen molar-refractivity contribution < 1.29 is 28.5 Å². The molecule has 0 aliphatic carbocycles. The fourth-order valence-corrected chi connectivity index (χ4v) is 10.2. The zero-order valence-corrected chi connectivity index (χ0v) is 42.3. The lowest BCUT2D eigenvalue weighted by Gasteiger charge is -2.27. The molecule has 1 aliphatic rings. The van der Waals surface area contributed by atoms with Crippen molar-refractivity contribution in [2.24, 2.45) is 0 Å². The summed E-state index contributed by atoms with van der Waals surface area (Å²) in [5.74, 6) is 1.70. The van der Waals surface area contributed by atoms with E-state index in [1.807, 2.05) is 121 Å². The maximum absolute atomic E-state index is 9.96. The normalized spacial score (nSPS) is 15.7. The highest BCUT2D eigenvalue weighted by Crippen LogP contribution is 2.48. The number of hydrogen-bond acceptors (Lipinski definition) is 2. The van der Waals surface area contributed by atoms with Crippen molar-refractivity contribution in [2.75, 3.05) is 0 Å². The number of pyridine rings is 1. The number of hydrogen-bond donors (Lipinski definition) is 0. The van der Waals surface area contributed by atoms with Gasteiger partial charge >= 0.3 is 0 Å². The predicted octanol–water partition coefficient (Wildman–Crippen LogP) is 17.5. The average molecular weight is 965 g/mol. The van der Waals surface area contributed by atoms with E-state index in [2.05, 4.69) is 49.9 Å². The molecular formula is C68H62N4O. The van der Waals surface area contributed by atoms with E-state index in [9.17, 15) is 11.0 Å². The Hall–Kier alpha value is -8.02. The first-order valence-electron chi connectivity index (χ1n) is 31.5. The number of aryl methyl sites for hydroxylation is 2. The Labute approximate surface area is 449 Å². The second-order valence-electron chi connectivity index (χ2n) is 22.1. The third-order valence-corrected chi connectivity index (χ3v) is 14.1. The molecule has 0 N–H and O–H groups in total. The summed E-state index contributed by atoms with van der Waals surface area (Å²) in [7, 11) is 0. The number of rotatable bonds is 5. The number of para-hydroxylation sites is 1. The molecule has 3 aromatic heterocycles. The van der Waals surface area contributed by atoms with Crippen LogP contribution in [0.1, 0.15) is 109 Å². The van der Waals surface area contributed by atoms with Gasteiger partial charge in [-0.1, -0.05) is 171 Å². The van der Waals surface area contributed by atoms with Gasteiger partial charge < -0.3 is 4.74 Å². The van der Waals surface area contributed by atoms with E-state index in [4.69, 9.17) is 17.9 Å². The van der Waals surface area contributed by atoms with Gasteiger partial charge in [-0.15, -0.1) is 0 Å². The minimum atomic E-state index is -2.91. The van der Waals surface area contributed by atoms with Crippen molar-refractivity contribution in [3.05, 3.63) is 210 Å². The van der Waals surface area contributed by atoms with E-state index in [1.54, 1.807) is 21.3 Å². The van der Waals surface area contributed by atoms with E-state index < -0.39 is 72.9 Å². The minimum absolute atomic E-state index is 0.0648. The summed E-state index contributed by atoms with van der Waals surface area (Å²) in [6.07, 6.45) is 5.45. The molecule has 11 aromatic rings. The predicted molar refractivity (Wildman–Crippen MR) is 303 cm³/mol. The molecule has 0 atom stereocenters. The number of nitrogens with zero attached hydrogens (tertiary/aromatic N) is 4. The maximum atomic E-state index is 9.96. The third-order valence-electron chi connectivity index (χ3n) is 14.1. The Balaban J connectivity index is 1.22. The zero-order chi connectivity index (χ0) is 62.7. The molecule has 0 radical (unpaired) electrons. The second kappa shape index (κ2) is 16.8. The van der Waals surface area contributed by atoms with Crippen LogP contribution in [0.25, 0.3) is 94.5 Å². The van der Waals surface area contributed by atoms with Gasteiger partial charge in [-0.25, -0.2) is 4.98 Å². The lowest BCUT2D eigenvalue weighted by molar-refractivity contribution is -0.570. The van der Waals surface area contributed by atoms with Gasteiger partial charge in [0.15, 0.2) is 0 Å². The Kier molecular flexibility index (Phi) is 7.55. The van der Waals surface area contributed by atoms with Gasteiger partial charge in [0, 0.05) is 31.3 Å². The number of ether oxygens (including phenoxy) is 1. The molecule has 73 heavy (non-hydrogen) atoms. The van der Waals surface area contributed by atoms with Gasteiger partial charge in [-0.2, -0.15) is 0 Å². The summed E-state index contributed by atoms with van der Waals surface area (Å²) in [4.78, 5) is 4.87. The maximum Gasteiger partial charge on any atom is 0.269 e. The van der Waals surface area contributed by atoms with Crippen LogP contribution in [0.4, 0.5) is 0 Å². The van der Waals surface area contributed by atoms with Crippen LogP contribution in [0.5, 0.6) is 11.5 Å². The molecule has 4 heterocycles. The smallest absolute Gasteiger partial charge is 0.269 e. The summed E-state index contributed by atoms with van der Waals surface area (Å²) in [6.45, 7) is 12.4. The van der Waals surface area contributed by atoms with E-state index in [1.165, 1.54) is 18.2 Å². The van der Waals surface area contributed by atoms with Crippen LogP contribution in [0.3, 0.4) is 0 Å². The van der Waals surface area contributed by atoms with Gasteiger partial charge in [-0.3, -0.25) is 13.7 Å². The highest BCUT2D eigenvalue weighted by Gasteiger charge is 2.31. The van der Waals surface area contributed by atoms with E-state index in [-0.39, 0.29) is 72.3 Å². The van der Waals surface area contributed by atoms with Crippen LogP contribution >= 0.6 is 0 Å². The van der Waals surface area contributed by atoms with Crippen LogP contribution in [-0.2, 0) is 16.2 Å². The molecule has 1 aliphatic heterocycles. The highest BCUT2D eigenvalue weighted by atomic mass is 16.5. The third kappa shape index (κ3) is 7.76. The van der Waals surface area contributed by atoms with Gasteiger partial charge in [-0.05, 0) is 157 Å². The molecule has 0 saturated carbocycles. The van der Waals surface area contributed by atoms with Gasteiger partial charge in [0.25, 0.3) is 6.33 Å². The zero-order valence-electron chi connectivity index (χ0n) is 56.3. The lowest BCUT2D eigenvalue weighted by Crippen LogP contribution is -2.32. The number of fused-ring (bicyclic) bond motifs is 10. The SMILES string of the molecule is [2H]c1c([2H])c([2H])c2c(c1[2H])-c1cc(C(C)(C)C)cc(-c3c(C([2H])([2H])[2H])cccc3C([2H])([2H])[2H])c1-[n+]1[c-]n(-c3cccc(Oc4ccc5c6ccccc6n(-c6cc(C(C)(C)C)ccn6)c5c4)c3)c3cc(C(C)(C)C)cc(c31)-c1c([2H])c([2H])c([2H])c([2H])c1-2. The van der Waals surface area contributed by atoms with E-state index >= 15 is 0 Å². The second-order valence-corrected chi connectivity index (χ2v) is 22.1. The van der Waals surface area contributed by atoms with Crippen molar-refractivity contribution >= 4 is 32.8 Å². The first kappa shape index (κ1) is 32.9. The van der Waals surface area contributed by atoms with Gasteiger partial charge in [0.2, 0.25) is 0 Å². The summed E-state index contributed by atoms with van der Waals surface area (Å²) in [6, 6.07) is 32.2. The first-order valence-corrected chi connectivity index (χ1v) is 24.5. The largest absolute Gasteiger partial charge is 0.458 e. The highest BCUT2D eigenvalue weighted by molar-refractivity contribution is 6.09. The number of benzene rings is 8. The van der Waals surface area contributed by atoms with E-state index in [0.29, 0.717) is 33.8 Å². The average Bonchev–Trinajstić information content (AvgIpc) is 1.66. The summed E-state index contributed by atoms with van der Waals surface area (Å²) in [5, 5.41) is 2.04. The van der Waals surface area contributed by atoms with Crippen molar-refractivity contribution in [1.82, 2.24) is 14.1 Å². The Morgan fingerprint density at radius 1 is 0.521 bits per heavy atom. The van der Waals surface area contributed by atoms with Crippen molar-refractivity contribution in [1.29, 1.82) is 0 Å². The molecule has 0 amide bonds. The van der Waals surface area contributed by atoms with Crippen molar-refractivity contribution in [3.63, 3.8) is 0 Å². The van der Waals surface area contributed by atoms with Gasteiger partial charge in [0.1, 0.15) is 17.3 Å². The Morgan fingerprint density at radius 2 is 1.11 bits per heavy atom. The quantitative estimate of drug-likeness (QED) is 0.127. The van der Waals surface area contributed by atoms with Crippen LogP contribution in [0, 0.1) is 20.0 Å². The van der Waals surface area contributed by atoms with Gasteiger partial charge in [0.05, 0.1) is 44.4 Å². The fourth-order valence-electron chi connectivity index (χ4n) is 10.2. The monoisotopic (exact) mass is 965 g/mol. The topological polar surface area (TPSA) is 35.9 Å².